The molecule has 5 heteroatoms. The van der Waals surface area contributed by atoms with Gasteiger partial charge in [0.2, 0.25) is 0 Å². The monoisotopic (exact) mass is 221 g/mol. The van der Waals surface area contributed by atoms with Gasteiger partial charge in [-0.3, -0.25) is 0 Å². The number of pyridine rings is 1. The Labute approximate surface area is 88.6 Å². The number of nitrogens with one attached hydrogen (secondary N) is 2. The molecule has 0 aliphatic rings. The smallest absolute Gasteiger partial charge is 0.131 e. The quantitative estimate of drug-likeness (QED) is 0.566. The number of anilines is 1. The fraction of sp³-hybridized carbons (Fsp3) is 0.375. The molecule has 3 nitrogen and oxygen atoms in total. The first-order valence-corrected chi connectivity index (χ1v) is 4.49. The molecular formula is C8H13Cl2N3. The molecular weight excluding hydrogens is 209 g/mol. The number of aryl methyl sites for hydroxylation is 1. The summed E-state index contributed by atoms with van der Waals surface area (Å²) in [5, 5.41) is 3.52. The Morgan fingerprint density at radius 3 is 2.23 bits per heavy atom. The number of hydrogen-bond acceptors (Lipinski definition) is 3. The van der Waals surface area contributed by atoms with E-state index in [0.717, 1.165) is 11.4 Å². The number of nitrogens with zero attached hydrogens (tertiary/aromatic N) is 1. The molecule has 0 aromatic carbocycles. The van der Waals surface area contributed by atoms with Crippen molar-refractivity contribution in [2.24, 2.45) is 0 Å². The summed E-state index contributed by atoms with van der Waals surface area (Å²) in [5.41, 5.74) is 1.93. The van der Waals surface area contributed by atoms with Crippen LogP contribution in [0.5, 0.6) is 0 Å². The topological polar surface area (TPSA) is 37.0 Å². The predicted octanol–water partition coefficient (Wildman–Crippen LogP) is 2.44. The van der Waals surface area contributed by atoms with Crippen LogP contribution in [0.2, 0.25) is 5.15 Å². The van der Waals surface area contributed by atoms with Crippen molar-refractivity contribution in [3.05, 3.63) is 23.0 Å². The normalized spacial score (nSPS) is 8.69. The predicted molar refractivity (Wildman–Crippen MR) is 58.4 cm³/mol. The molecule has 0 unspecified atom stereocenters. The van der Waals surface area contributed by atoms with Crippen LogP contribution in [0, 0.1) is 6.92 Å². The van der Waals surface area contributed by atoms with E-state index < -0.39 is 0 Å². The minimum Gasteiger partial charge on any atom is -0.388 e. The molecule has 0 aliphatic heterocycles. The lowest BCUT2D eigenvalue weighted by Crippen LogP contribution is -1.90. The molecule has 0 saturated heterocycles. The zero-order valence-electron chi connectivity index (χ0n) is 7.86. The summed E-state index contributed by atoms with van der Waals surface area (Å²) in [6, 6.07) is 3.72. The maximum atomic E-state index is 5.68. The molecule has 0 spiro atoms. The molecule has 0 bridgehead atoms. The summed E-state index contributed by atoms with van der Waals surface area (Å²) >= 11 is 10.4. The molecule has 2 N–H and O–H groups in total. The molecule has 1 rings (SSSR count). The Morgan fingerprint density at radius 1 is 1.31 bits per heavy atom. The molecule has 1 aromatic heterocycles. The van der Waals surface area contributed by atoms with Crippen LogP contribution in [0.1, 0.15) is 5.69 Å². The first kappa shape index (κ1) is 12.5. The van der Waals surface area contributed by atoms with Gasteiger partial charge >= 0.3 is 0 Å². The van der Waals surface area contributed by atoms with E-state index in [0.29, 0.717) is 5.15 Å². The molecule has 0 saturated carbocycles. The minimum atomic E-state index is 0.532. The highest BCUT2D eigenvalue weighted by molar-refractivity contribution is 6.29. The third-order valence-electron chi connectivity index (χ3n) is 1.21. The Hall–Kier alpha value is -0.510. The summed E-state index contributed by atoms with van der Waals surface area (Å²) < 4.78 is 0. The maximum absolute atomic E-state index is 5.68. The van der Waals surface area contributed by atoms with Gasteiger partial charge in [-0.15, -0.1) is 0 Å². The van der Waals surface area contributed by atoms with Crippen LogP contribution in [0.3, 0.4) is 0 Å². The van der Waals surface area contributed by atoms with Crippen LogP contribution in [0.4, 0.5) is 5.69 Å². The summed E-state index contributed by atoms with van der Waals surface area (Å²) in [7, 11) is 3.49. The summed E-state index contributed by atoms with van der Waals surface area (Å²) in [6.07, 6.45) is 0. The van der Waals surface area contributed by atoms with Gasteiger partial charge < -0.3 is 5.32 Å². The van der Waals surface area contributed by atoms with E-state index in [1.807, 2.05) is 20.0 Å². The van der Waals surface area contributed by atoms with Crippen LogP contribution >= 0.6 is 23.4 Å². The lowest BCUT2D eigenvalue weighted by Gasteiger charge is -2.00. The van der Waals surface area contributed by atoms with Gasteiger partial charge in [-0.05, 0) is 37.9 Å². The Balaban J connectivity index is 0.000000424. The second-order valence-corrected chi connectivity index (χ2v) is 3.02. The third kappa shape index (κ3) is 5.69. The highest BCUT2D eigenvalue weighted by Gasteiger charge is 1.93. The second kappa shape index (κ2) is 6.95. The second-order valence-electron chi connectivity index (χ2n) is 2.26. The first-order valence-electron chi connectivity index (χ1n) is 3.73. The van der Waals surface area contributed by atoms with Crippen molar-refractivity contribution in [2.75, 3.05) is 19.4 Å². The van der Waals surface area contributed by atoms with E-state index in [1.54, 1.807) is 13.1 Å². The summed E-state index contributed by atoms with van der Waals surface area (Å²) in [6.45, 7) is 1.91. The van der Waals surface area contributed by atoms with Gasteiger partial charge in [0.15, 0.2) is 0 Å². The van der Waals surface area contributed by atoms with E-state index in [1.165, 1.54) is 0 Å². The average molecular weight is 222 g/mol. The maximum Gasteiger partial charge on any atom is 0.131 e. The van der Waals surface area contributed by atoms with Crippen molar-refractivity contribution >= 4 is 29.1 Å². The van der Waals surface area contributed by atoms with Crippen LogP contribution in [0.15, 0.2) is 12.1 Å². The number of hydrogen-bond donors (Lipinski definition) is 2. The van der Waals surface area contributed by atoms with E-state index in [2.05, 4.69) is 15.1 Å². The highest BCUT2D eigenvalue weighted by atomic mass is 35.5. The van der Waals surface area contributed by atoms with Gasteiger partial charge in [-0.25, -0.2) is 9.82 Å². The molecule has 0 aliphatic carbocycles. The molecule has 0 atom stereocenters. The fourth-order valence-corrected chi connectivity index (χ4v) is 1.02. The van der Waals surface area contributed by atoms with Gasteiger partial charge in [0, 0.05) is 18.4 Å². The van der Waals surface area contributed by atoms with Crippen molar-refractivity contribution in [1.29, 1.82) is 0 Å². The first-order chi connectivity index (χ1) is 6.13. The molecule has 1 heterocycles. The lowest BCUT2D eigenvalue weighted by atomic mass is 10.3. The summed E-state index contributed by atoms with van der Waals surface area (Å²) in [4.78, 5) is 6.23. The van der Waals surface area contributed by atoms with E-state index in [9.17, 15) is 0 Å². The van der Waals surface area contributed by atoms with Gasteiger partial charge in [0.1, 0.15) is 5.15 Å². The average Bonchev–Trinajstić information content (AvgIpc) is 2.04. The lowest BCUT2D eigenvalue weighted by molar-refractivity contribution is 1.20. The van der Waals surface area contributed by atoms with Crippen LogP contribution in [-0.4, -0.2) is 19.1 Å². The van der Waals surface area contributed by atoms with Crippen molar-refractivity contribution < 1.29 is 0 Å². The number of halogens is 2. The highest BCUT2D eigenvalue weighted by Crippen LogP contribution is 2.13. The van der Waals surface area contributed by atoms with Crippen LogP contribution < -0.4 is 10.2 Å². The summed E-state index contributed by atoms with van der Waals surface area (Å²) in [5.74, 6) is 0. The fourth-order valence-electron chi connectivity index (χ4n) is 0.772. The molecule has 0 fully saturated rings. The molecule has 74 valence electrons. The molecule has 0 amide bonds. The van der Waals surface area contributed by atoms with Crippen molar-refractivity contribution in [2.45, 2.75) is 6.92 Å². The van der Waals surface area contributed by atoms with Crippen molar-refractivity contribution in [3.63, 3.8) is 0 Å². The largest absolute Gasteiger partial charge is 0.388 e. The van der Waals surface area contributed by atoms with E-state index >= 15 is 0 Å². The van der Waals surface area contributed by atoms with Gasteiger partial charge in [0.05, 0.1) is 0 Å². The van der Waals surface area contributed by atoms with E-state index in [-0.39, 0.29) is 0 Å². The Kier molecular flexibility index (Phi) is 6.68. The van der Waals surface area contributed by atoms with E-state index in [4.69, 9.17) is 23.4 Å². The molecule has 13 heavy (non-hydrogen) atoms. The zero-order chi connectivity index (χ0) is 10.3. The van der Waals surface area contributed by atoms with Crippen molar-refractivity contribution in [3.8, 4) is 0 Å². The number of rotatable bonds is 1. The SMILES string of the molecule is CNCl.CNc1cc(C)nc(Cl)c1. The van der Waals surface area contributed by atoms with Crippen LogP contribution in [-0.2, 0) is 0 Å². The van der Waals surface area contributed by atoms with Crippen molar-refractivity contribution in [1.82, 2.24) is 9.82 Å². The number of aromatic nitrogens is 1. The molecule has 1 aromatic rings. The van der Waals surface area contributed by atoms with Gasteiger partial charge in [0.25, 0.3) is 0 Å². The molecule has 0 radical (unpaired) electrons. The Morgan fingerprint density at radius 2 is 1.85 bits per heavy atom. The minimum absolute atomic E-state index is 0.532. The van der Waals surface area contributed by atoms with Crippen LogP contribution in [0.25, 0.3) is 0 Å². The zero-order valence-corrected chi connectivity index (χ0v) is 9.37. The standard InChI is InChI=1S/C7H9ClN2.CH4ClN/c1-5-3-6(9-2)4-7(8)10-5;1-3-2/h3-4H,1-2H3,(H,9,10);3H,1H3. The van der Waals surface area contributed by atoms with Gasteiger partial charge in [-0.2, -0.15) is 0 Å². The Bertz CT molecular complexity index is 233. The third-order valence-corrected chi connectivity index (χ3v) is 1.40. The van der Waals surface area contributed by atoms with Gasteiger partial charge in [-0.1, -0.05) is 11.6 Å².